The Bertz CT molecular complexity index is 219. The summed E-state index contributed by atoms with van der Waals surface area (Å²) in [5.74, 6) is 0. The predicted molar refractivity (Wildman–Crippen MR) is 31.7 cm³/mol. The molecule has 0 rings (SSSR count). The van der Waals surface area contributed by atoms with Crippen molar-refractivity contribution in [2.45, 2.75) is 0 Å². The third kappa shape index (κ3) is 1610. The van der Waals surface area contributed by atoms with E-state index in [2.05, 4.69) is 0 Å². The van der Waals surface area contributed by atoms with Crippen molar-refractivity contribution in [2.75, 3.05) is 0 Å². The van der Waals surface area contributed by atoms with Crippen molar-refractivity contribution < 1.29 is 52.1 Å². The van der Waals surface area contributed by atoms with E-state index in [-0.39, 0.29) is 46.3 Å². The van der Waals surface area contributed by atoms with Gasteiger partial charge in [-0.1, -0.05) is 0 Å². The monoisotopic (exact) mass is 288 g/mol. The molecule has 3 N–H and O–H groups in total. The second kappa shape index (κ2) is 11.1. The fourth-order valence-electron chi connectivity index (χ4n) is 0. The van der Waals surface area contributed by atoms with Crippen LogP contribution in [0.1, 0.15) is 0 Å². The molecule has 9 nitrogen and oxygen atoms in total. The largest absolute Gasteiger partial charge is 2.00 e. The average Bonchev–Trinajstić information content (AvgIpc) is 1.12. The first-order valence-electron chi connectivity index (χ1n) is 1.33. The van der Waals surface area contributed by atoms with Crippen LogP contribution >= 0.6 is 0 Å². The van der Waals surface area contributed by atoms with Crippen LogP contribution in [0.3, 0.4) is 0 Å². The van der Waals surface area contributed by atoms with Crippen LogP contribution in [0.15, 0.2) is 0 Å². The Balaban J connectivity index is -0.0000000267. The predicted octanol–water partition coefficient (Wildman–Crippen LogP) is -2.90. The molecule has 0 aliphatic carbocycles. The van der Waals surface area contributed by atoms with Crippen molar-refractivity contribution in [1.29, 1.82) is 0 Å². The molecule has 0 atom stereocenters. The second-order valence-electron chi connectivity index (χ2n) is 0.816. The molecule has 0 fully saturated rings. The number of hydrogen-bond donors (Lipinski definition) is 1. The Morgan fingerprint density at radius 2 is 0.692 bits per heavy atom. The van der Waals surface area contributed by atoms with Gasteiger partial charge in [-0.3, -0.25) is 16.8 Å². The van der Waals surface area contributed by atoms with Crippen LogP contribution in [0.2, 0.25) is 0 Å². The molecule has 0 amide bonds. The Kier molecular flexibility index (Phi) is 24.9. The van der Waals surface area contributed by atoms with Gasteiger partial charge in [0.1, 0.15) is 0 Å². The molecule has 0 bridgehead atoms. The van der Waals surface area contributed by atoms with Gasteiger partial charge in [0, 0.05) is 20.8 Å². The molecule has 0 spiro atoms. The van der Waals surface area contributed by atoms with E-state index in [1.165, 1.54) is 0 Å². The van der Waals surface area contributed by atoms with Gasteiger partial charge < -0.3 is 24.4 Å². The number of rotatable bonds is 0. The maximum Gasteiger partial charge on any atom is 2.00 e. The molecule has 13 heavy (non-hydrogen) atoms. The van der Waals surface area contributed by atoms with Gasteiger partial charge in [-0.2, -0.15) is 0 Å². The van der Waals surface area contributed by atoms with E-state index in [4.69, 9.17) is 35.0 Å². The van der Waals surface area contributed by atoms with Crippen LogP contribution in [0.5, 0.6) is 0 Å². The van der Waals surface area contributed by atoms with Crippen LogP contribution < -0.4 is 6.15 Å². The Labute approximate surface area is 102 Å². The quantitative estimate of drug-likeness (QED) is 0.276. The summed E-state index contributed by atoms with van der Waals surface area (Å²) in [6.07, 6.45) is 0. The summed E-state index contributed by atoms with van der Waals surface area (Å²) in [5, 5.41) is 0. The minimum Gasteiger partial charge on any atom is -0.759 e. The molecule has 0 aromatic carbocycles. The van der Waals surface area contributed by atoms with Gasteiger partial charge in [-0.25, -0.2) is 0 Å². The van der Waals surface area contributed by atoms with Crippen molar-refractivity contribution in [3.63, 3.8) is 0 Å². The average molecular weight is 288 g/mol. The van der Waals surface area contributed by atoms with Crippen LogP contribution in [0.25, 0.3) is 0 Å². The fraction of sp³-hybridized carbons (Fsp3) is 0. The molecular formula is H3MgMnNO8S2. The van der Waals surface area contributed by atoms with Crippen molar-refractivity contribution in [3.8, 4) is 0 Å². The molecule has 0 saturated heterocycles. The SMILES string of the molecule is N.O=S(=O)([O-])[O-].O=S(=O)([O-])[O-].[Mg+2].[Mn+2]. The molecule has 0 aliphatic heterocycles. The van der Waals surface area contributed by atoms with Crippen molar-refractivity contribution >= 4 is 43.9 Å². The smallest absolute Gasteiger partial charge is 0.759 e. The molecule has 0 aliphatic rings. The summed E-state index contributed by atoms with van der Waals surface area (Å²) in [7, 11) is -10.3. The zero-order chi connectivity index (χ0) is 9.00. The van der Waals surface area contributed by atoms with Crippen LogP contribution in [0, 0.1) is 0 Å². The Hall–Kier alpha value is 0.986. The molecule has 0 aromatic rings. The summed E-state index contributed by atoms with van der Waals surface area (Å²) < 4.78 is 68.2. The molecule has 1 radical (unpaired) electrons. The molecule has 0 aromatic heterocycles. The summed E-state index contributed by atoms with van der Waals surface area (Å²) in [6, 6.07) is 0. The van der Waals surface area contributed by atoms with E-state index in [1.807, 2.05) is 0 Å². The van der Waals surface area contributed by atoms with E-state index < -0.39 is 20.8 Å². The first-order valence-corrected chi connectivity index (χ1v) is 4.00. The van der Waals surface area contributed by atoms with Crippen molar-refractivity contribution in [2.24, 2.45) is 0 Å². The van der Waals surface area contributed by atoms with Crippen molar-refractivity contribution in [1.82, 2.24) is 6.15 Å². The molecular weight excluding hydrogens is 285 g/mol. The molecule has 13 heteroatoms. The third-order valence-corrected chi connectivity index (χ3v) is 0. The van der Waals surface area contributed by atoms with Gasteiger partial charge in [0.25, 0.3) is 0 Å². The van der Waals surface area contributed by atoms with E-state index in [0.29, 0.717) is 0 Å². The first-order chi connectivity index (χ1) is 4.00. The molecule has 0 unspecified atom stereocenters. The normalized spacial score (nSPS) is 8.92. The second-order valence-corrected chi connectivity index (χ2v) is 2.45. The Morgan fingerprint density at radius 3 is 0.692 bits per heavy atom. The zero-order valence-corrected chi connectivity index (χ0v) is 10.1. The van der Waals surface area contributed by atoms with Gasteiger partial charge >= 0.3 is 40.1 Å². The fourth-order valence-corrected chi connectivity index (χ4v) is 0. The van der Waals surface area contributed by atoms with E-state index in [1.54, 1.807) is 0 Å². The maximum atomic E-state index is 8.52. The van der Waals surface area contributed by atoms with Gasteiger partial charge in [-0.15, -0.1) is 0 Å². The summed E-state index contributed by atoms with van der Waals surface area (Å²) in [4.78, 5) is 0. The van der Waals surface area contributed by atoms with Crippen molar-refractivity contribution in [3.05, 3.63) is 0 Å². The minimum absolute atomic E-state index is 0. The summed E-state index contributed by atoms with van der Waals surface area (Å²) in [6.45, 7) is 0. The minimum atomic E-state index is -5.17. The van der Waals surface area contributed by atoms with Gasteiger partial charge in [0.05, 0.1) is 0 Å². The van der Waals surface area contributed by atoms with Crippen LogP contribution in [-0.2, 0) is 37.9 Å². The summed E-state index contributed by atoms with van der Waals surface area (Å²) in [5.41, 5.74) is 0. The van der Waals surface area contributed by atoms with Gasteiger partial charge in [0.2, 0.25) is 0 Å². The van der Waals surface area contributed by atoms with Crippen LogP contribution in [-0.4, -0.2) is 58.1 Å². The zero-order valence-electron chi connectivity index (χ0n) is 5.87. The maximum absolute atomic E-state index is 8.52. The molecule has 0 heterocycles. The third-order valence-electron chi connectivity index (χ3n) is 0. The summed E-state index contributed by atoms with van der Waals surface area (Å²) >= 11 is 0. The molecule has 77 valence electrons. The standard InChI is InChI=1S/Mg.Mn.H3N.2H2O4S/c;;;2*1-5(2,3)4/h;;1H3;2*(H2,1,2,3,4)/q2*+2;;;/p-4. The van der Waals surface area contributed by atoms with Gasteiger partial charge in [-0.05, 0) is 0 Å². The first kappa shape index (κ1) is 29.2. The number of hydrogen-bond acceptors (Lipinski definition) is 9. The van der Waals surface area contributed by atoms with Gasteiger partial charge in [0.15, 0.2) is 0 Å². The molecule has 0 saturated carbocycles. The van der Waals surface area contributed by atoms with Crippen LogP contribution in [0.4, 0.5) is 0 Å². The Morgan fingerprint density at radius 1 is 0.692 bits per heavy atom. The van der Waals surface area contributed by atoms with E-state index in [0.717, 1.165) is 0 Å². The topological polar surface area (TPSA) is 196 Å². The van der Waals surface area contributed by atoms with E-state index >= 15 is 0 Å². The van der Waals surface area contributed by atoms with E-state index in [9.17, 15) is 0 Å².